The second-order valence-corrected chi connectivity index (χ2v) is 4.54. The van der Waals surface area contributed by atoms with Crippen molar-refractivity contribution in [3.8, 4) is 0 Å². The summed E-state index contributed by atoms with van der Waals surface area (Å²) in [5.41, 5.74) is 1.73. The van der Waals surface area contributed by atoms with Gasteiger partial charge in [-0.05, 0) is 5.92 Å². The van der Waals surface area contributed by atoms with Crippen LogP contribution in [0.15, 0.2) is 18.3 Å². The highest BCUT2D eigenvalue weighted by molar-refractivity contribution is 5.49. The molecule has 0 radical (unpaired) electrons. The van der Waals surface area contributed by atoms with Crippen molar-refractivity contribution < 1.29 is 10.2 Å². The lowest BCUT2D eigenvalue weighted by atomic mass is 10.1. The molecule has 18 heavy (non-hydrogen) atoms. The standard InChI is InChI=1S/C12H18N4O2/c1-8(2)10-5-12(13-6-9(18)7-17)16-11(15-10)3-4-14-16/h3-5,8-9,13,17-18H,6-7H2,1-2H3. The van der Waals surface area contributed by atoms with Crippen molar-refractivity contribution >= 4 is 11.5 Å². The van der Waals surface area contributed by atoms with Crippen LogP contribution in [0.25, 0.3) is 5.65 Å². The van der Waals surface area contributed by atoms with Crippen LogP contribution in [0.2, 0.25) is 0 Å². The smallest absolute Gasteiger partial charge is 0.157 e. The summed E-state index contributed by atoms with van der Waals surface area (Å²) in [6.45, 7) is 4.15. The van der Waals surface area contributed by atoms with Crippen molar-refractivity contribution in [1.29, 1.82) is 0 Å². The number of rotatable bonds is 5. The highest BCUT2D eigenvalue weighted by Gasteiger charge is 2.10. The minimum atomic E-state index is -0.786. The van der Waals surface area contributed by atoms with Gasteiger partial charge in [-0.25, -0.2) is 4.98 Å². The molecular formula is C12H18N4O2. The van der Waals surface area contributed by atoms with Crippen LogP contribution in [0.1, 0.15) is 25.5 Å². The van der Waals surface area contributed by atoms with Crippen LogP contribution in [0.4, 0.5) is 5.82 Å². The molecule has 2 aromatic rings. The zero-order valence-corrected chi connectivity index (χ0v) is 10.5. The third-order valence-electron chi connectivity index (χ3n) is 2.70. The topological polar surface area (TPSA) is 82.7 Å². The van der Waals surface area contributed by atoms with Crippen LogP contribution in [-0.4, -0.2) is 44.1 Å². The van der Waals surface area contributed by atoms with Crippen molar-refractivity contribution in [1.82, 2.24) is 14.6 Å². The predicted molar refractivity (Wildman–Crippen MR) is 68.7 cm³/mol. The molecule has 0 aliphatic carbocycles. The van der Waals surface area contributed by atoms with E-state index in [1.165, 1.54) is 0 Å². The van der Waals surface area contributed by atoms with E-state index in [4.69, 9.17) is 5.11 Å². The fourth-order valence-electron chi connectivity index (χ4n) is 1.64. The van der Waals surface area contributed by atoms with Gasteiger partial charge < -0.3 is 15.5 Å². The minimum Gasteiger partial charge on any atom is -0.394 e. The number of aromatic nitrogens is 3. The minimum absolute atomic E-state index is 0.266. The van der Waals surface area contributed by atoms with Gasteiger partial charge in [0.25, 0.3) is 0 Å². The Hall–Kier alpha value is -1.66. The summed E-state index contributed by atoms with van der Waals surface area (Å²) < 4.78 is 1.68. The molecule has 2 aromatic heterocycles. The van der Waals surface area contributed by atoms with E-state index < -0.39 is 6.10 Å². The van der Waals surface area contributed by atoms with Gasteiger partial charge in [0, 0.05) is 24.4 Å². The molecule has 0 spiro atoms. The molecule has 6 nitrogen and oxygen atoms in total. The fourth-order valence-corrected chi connectivity index (χ4v) is 1.64. The fraction of sp³-hybridized carbons (Fsp3) is 0.500. The molecule has 0 fully saturated rings. The van der Waals surface area contributed by atoms with Crippen LogP contribution < -0.4 is 5.32 Å². The number of nitrogens with zero attached hydrogens (tertiary/aromatic N) is 3. The molecule has 0 aliphatic heterocycles. The van der Waals surface area contributed by atoms with E-state index in [-0.39, 0.29) is 13.2 Å². The number of nitrogens with one attached hydrogen (secondary N) is 1. The average Bonchev–Trinajstić information content (AvgIpc) is 2.83. The van der Waals surface area contributed by atoms with Crippen LogP contribution in [0.5, 0.6) is 0 Å². The van der Waals surface area contributed by atoms with Crippen molar-refractivity contribution in [3.05, 3.63) is 24.0 Å². The lowest BCUT2D eigenvalue weighted by molar-refractivity contribution is 0.105. The summed E-state index contributed by atoms with van der Waals surface area (Å²) in [6, 6.07) is 3.74. The van der Waals surface area contributed by atoms with Crippen molar-refractivity contribution in [2.24, 2.45) is 0 Å². The monoisotopic (exact) mass is 250 g/mol. The quantitative estimate of drug-likeness (QED) is 0.724. The van der Waals surface area contributed by atoms with E-state index in [0.29, 0.717) is 5.92 Å². The zero-order chi connectivity index (χ0) is 13.1. The zero-order valence-electron chi connectivity index (χ0n) is 10.5. The second kappa shape index (κ2) is 5.32. The summed E-state index contributed by atoms with van der Waals surface area (Å²) in [7, 11) is 0. The third-order valence-corrected chi connectivity index (χ3v) is 2.70. The first kappa shape index (κ1) is 12.8. The van der Waals surface area contributed by atoms with E-state index in [0.717, 1.165) is 17.2 Å². The van der Waals surface area contributed by atoms with Crippen LogP contribution in [0.3, 0.4) is 0 Å². The number of aliphatic hydroxyl groups excluding tert-OH is 2. The van der Waals surface area contributed by atoms with Gasteiger partial charge in [-0.15, -0.1) is 0 Å². The molecular weight excluding hydrogens is 232 g/mol. The molecule has 2 rings (SSSR count). The third kappa shape index (κ3) is 2.60. The molecule has 1 unspecified atom stereocenters. The SMILES string of the molecule is CC(C)c1cc(NCC(O)CO)n2nccc2n1. The first-order valence-corrected chi connectivity index (χ1v) is 5.99. The molecule has 2 heterocycles. The molecule has 6 heteroatoms. The summed E-state index contributed by atoms with van der Waals surface area (Å²) >= 11 is 0. The highest BCUT2D eigenvalue weighted by atomic mass is 16.3. The summed E-state index contributed by atoms with van der Waals surface area (Å²) in [6.07, 6.45) is 0.895. The molecule has 0 saturated carbocycles. The van der Waals surface area contributed by atoms with Crippen molar-refractivity contribution in [2.45, 2.75) is 25.9 Å². The number of aliphatic hydroxyl groups is 2. The summed E-state index contributed by atoms with van der Waals surface area (Å²) in [4.78, 5) is 4.49. The predicted octanol–water partition coefficient (Wildman–Crippen LogP) is 0.618. The Balaban J connectivity index is 2.31. The van der Waals surface area contributed by atoms with E-state index in [1.54, 1.807) is 10.7 Å². The molecule has 0 bridgehead atoms. The maximum atomic E-state index is 9.36. The van der Waals surface area contributed by atoms with Gasteiger partial charge in [0.2, 0.25) is 0 Å². The van der Waals surface area contributed by atoms with Crippen LogP contribution in [0, 0.1) is 0 Å². The molecule has 98 valence electrons. The van der Waals surface area contributed by atoms with Gasteiger partial charge in [0.1, 0.15) is 5.82 Å². The molecule has 0 aliphatic rings. The number of fused-ring (bicyclic) bond motifs is 1. The Morgan fingerprint density at radius 1 is 1.44 bits per heavy atom. The van der Waals surface area contributed by atoms with E-state index >= 15 is 0 Å². The molecule has 1 atom stereocenters. The Morgan fingerprint density at radius 3 is 2.89 bits per heavy atom. The first-order valence-electron chi connectivity index (χ1n) is 5.99. The van der Waals surface area contributed by atoms with Gasteiger partial charge in [0.05, 0.1) is 18.9 Å². The van der Waals surface area contributed by atoms with E-state index in [1.807, 2.05) is 12.1 Å². The second-order valence-electron chi connectivity index (χ2n) is 4.54. The number of hydrogen-bond acceptors (Lipinski definition) is 5. The maximum absolute atomic E-state index is 9.36. The van der Waals surface area contributed by atoms with Crippen molar-refractivity contribution in [3.63, 3.8) is 0 Å². The van der Waals surface area contributed by atoms with Gasteiger partial charge in [-0.2, -0.15) is 9.61 Å². The Labute approximate surface area is 105 Å². The lowest BCUT2D eigenvalue weighted by Gasteiger charge is -2.13. The molecule has 3 N–H and O–H groups in total. The van der Waals surface area contributed by atoms with E-state index in [9.17, 15) is 5.11 Å². The number of anilines is 1. The normalized spacial score (nSPS) is 13.2. The Bertz CT molecular complexity index is 524. The molecule has 0 aromatic carbocycles. The Morgan fingerprint density at radius 2 is 2.22 bits per heavy atom. The Kier molecular flexibility index (Phi) is 3.78. The largest absolute Gasteiger partial charge is 0.394 e. The highest BCUT2D eigenvalue weighted by Crippen LogP contribution is 2.18. The van der Waals surface area contributed by atoms with Gasteiger partial charge in [-0.1, -0.05) is 13.8 Å². The van der Waals surface area contributed by atoms with Gasteiger partial charge in [-0.3, -0.25) is 0 Å². The number of hydrogen-bond donors (Lipinski definition) is 3. The molecule has 0 saturated heterocycles. The summed E-state index contributed by atoms with van der Waals surface area (Å²) in [5, 5.41) is 25.4. The maximum Gasteiger partial charge on any atom is 0.157 e. The lowest BCUT2D eigenvalue weighted by Crippen LogP contribution is -2.24. The van der Waals surface area contributed by atoms with Crippen molar-refractivity contribution in [2.75, 3.05) is 18.5 Å². The van der Waals surface area contributed by atoms with Crippen LogP contribution >= 0.6 is 0 Å². The van der Waals surface area contributed by atoms with Gasteiger partial charge in [0.15, 0.2) is 5.65 Å². The molecule has 0 amide bonds. The van der Waals surface area contributed by atoms with Crippen LogP contribution in [-0.2, 0) is 0 Å². The first-order chi connectivity index (χ1) is 8.61. The van der Waals surface area contributed by atoms with E-state index in [2.05, 4.69) is 29.2 Å². The van der Waals surface area contributed by atoms with Gasteiger partial charge >= 0.3 is 0 Å². The average molecular weight is 250 g/mol. The summed E-state index contributed by atoms with van der Waals surface area (Å²) in [5.74, 6) is 1.08.